The second kappa shape index (κ2) is 7.05. The molecule has 0 N–H and O–H groups in total. The van der Waals surface area contributed by atoms with Gasteiger partial charge in [0.25, 0.3) is 5.91 Å². The number of carbonyl (C=O) groups excluding carboxylic acids is 1. The molecule has 7 nitrogen and oxygen atoms in total. The lowest BCUT2D eigenvalue weighted by atomic mass is 10.1. The normalized spacial score (nSPS) is 17.3. The Morgan fingerprint density at radius 2 is 2.04 bits per heavy atom. The zero-order valence-electron chi connectivity index (χ0n) is 14.4. The predicted molar refractivity (Wildman–Crippen MR) is 94.9 cm³/mol. The van der Waals surface area contributed by atoms with Crippen molar-refractivity contribution in [2.45, 2.75) is 13.0 Å². The van der Waals surface area contributed by atoms with Gasteiger partial charge in [0.2, 0.25) is 0 Å². The largest absolute Gasteiger partial charge is 0.370 e. The van der Waals surface area contributed by atoms with E-state index in [1.165, 1.54) is 6.33 Å². The Balaban J connectivity index is 1.57. The highest BCUT2D eigenvalue weighted by atomic mass is 16.5. The van der Waals surface area contributed by atoms with Gasteiger partial charge in [-0.05, 0) is 40.6 Å². The number of morpholine rings is 1. The standard InChI is InChI=1S/C19H19N5O2/c1-14-7-8-16(11-17(14)24-13-20-21-22-24)19(25)23-9-10-26-18(12-23)15-5-3-2-4-6-15/h2-8,11,13,18H,9-10,12H2,1H3/t18-/m0/s1. The Morgan fingerprint density at radius 3 is 2.81 bits per heavy atom. The molecule has 132 valence electrons. The van der Waals surface area contributed by atoms with Gasteiger partial charge < -0.3 is 9.64 Å². The van der Waals surface area contributed by atoms with Gasteiger partial charge in [-0.1, -0.05) is 36.4 Å². The van der Waals surface area contributed by atoms with E-state index in [0.717, 1.165) is 16.8 Å². The van der Waals surface area contributed by atoms with E-state index in [-0.39, 0.29) is 12.0 Å². The van der Waals surface area contributed by atoms with Crippen LogP contribution in [0.25, 0.3) is 5.69 Å². The first-order valence-corrected chi connectivity index (χ1v) is 8.52. The molecule has 1 aromatic heterocycles. The lowest BCUT2D eigenvalue weighted by molar-refractivity contribution is -0.0228. The van der Waals surface area contributed by atoms with Crippen LogP contribution in [0, 0.1) is 6.92 Å². The van der Waals surface area contributed by atoms with Gasteiger partial charge in [0.1, 0.15) is 12.4 Å². The van der Waals surface area contributed by atoms with Crippen LogP contribution in [0.1, 0.15) is 27.6 Å². The zero-order chi connectivity index (χ0) is 17.9. The van der Waals surface area contributed by atoms with Crippen LogP contribution >= 0.6 is 0 Å². The number of hydrogen-bond acceptors (Lipinski definition) is 5. The number of aromatic nitrogens is 4. The third-order valence-corrected chi connectivity index (χ3v) is 4.58. The molecule has 1 fully saturated rings. The van der Waals surface area contributed by atoms with Crippen LogP contribution in [0.2, 0.25) is 0 Å². The van der Waals surface area contributed by atoms with Crippen molar-refractivity contribution in [3.63, 3.8) is 0 Å². The van der Waals surface area contributed by atoms with Crippen molar-refractivity contribution >= 4 is 5.91 Å². The van der Waals surface area contributed by atoms with Gasteiger partial charge >= 0.3 is 0 Å². The smallest absolute Gasteiger partial charge is 0.254 e. The SMILES string of the molecule is Cc1ccc(C(=O)N2CCO[C@H](c3ccccc3)C2)cc1-n1cnnn1. The Hall–Kier alpha value is -3.06. The van der Waals surface area contributed by atoms with E-state index < -0.39 is 0 Å². The molecule has 0 spiro atoms. The molecule has 0 bridgehead atoms. The molecule has 0 unspecified atom stereocenters. The third-order valence-electron chi connectivity index (χ3n) is 4.58. The van der Waals surface area contributed by atoms with Gasteiger partial charge in [0.05, 0.1) is 18.8 Å². The Labute approximate surface area is 151 Å². The van der Waals surface area contributed by atoms with E-state index >= 15 is 0 Å². The Bertz CT molecular complexity index is 896. The molecule has 0 radical (unpaired) electrons. The Kier molecular flexibility index (Phi) is 4.45. The van der Waals surface area contributed by atoms with E-state index in [9.17, 15) is 4.79 Å². The molecule has 1 aliphatic heterocycles. The van der Waals surface area contributed by atoms with Crippen molar-refractivity contribution in [2.24, 2.45) is 0 Å². The quantitative estimate of drug-likeness (QED) is 0.725. The van der Waals surface area contributed by atoms with Gasteiger partial charge in [-0.2, -0.15) is 0 Å². The number of benzene rings is 2. The highest BCUT2D eigenvalue weighted by Crippen LogP contribution is 2.24. The summed E-state index contributed by atoms with van der Waals surface area (Å²) in [6, 6.07) is 15.6. The summed E-state index contributed by atoms with van der Waals surface area (Å²) >= 11 is 0. The molecular formula is C19H19N5O2. The molecule has 4 rings (SSSR count). The monoisotopic (exact) mass is 349 g/mol. The molecule has 2 aromatic carbocycles. The van der Waals surface area contributed by atoms with E-state index in [2.05, 4.69) is 15.5 Å². The third kappa shape index (κ3) is 3.21. The van der Waals surface area contributed by atoms with E-state index in [0.29, 0.717) is 25.3 Å². The van der Waals surface area contributed by atoms with Gasteiger partial charge in [-0.25, -0.2) is 4.68 Å². The molecule has 0 aliphatic carbocycles. The van der Waals surface area contributed by atoms with Crippen molar-refractivity contribution in [3.8, 4) is 5.69 Å². The minimum atomic E-state index is -0.0988. The average Bonchev–Trinajstić information content (AvgIpc) is 3.23. The van der Waals surface area contributed by atoms with Crippen molar-refractivity contribution < 1.29 is 9.53 Å². The predicted octanol–water partition coefficient (Wildman–Crippen LogP) is 2.18. The maximum absolute atomic E-state index is 13.0. The number of amides is 1. The van der Waals surface area contributed by atoms with Crippen LogP contribution in [0.3, 0.4) is 0 Å². The van der Waals surface area contributed by atoms with E-state index in [1.807, 2.05) is 60.4 Å². The maximum Gasteiger partial charge on any atom is 0.254 e. The molecule has 1 aliphatic rings. The van der Waals surface area contributed by atoms with Crippen molar-refractivity contribution in [2.75, 3.05) is 19.7 Å². The van der Waals surface area contributed by atoms with Crippen LogP contribution in [-0.2, 0) is 4.74 Å². The molecule has 1 atom stereocenters. The molecule has 3 aromatic rings. The van der Waals surface area contributed by atoms with Crippen LogP contribution < -0.4 is 0 Å². The number of carbonyl (C=O) groups is 1. The van der Waals surface area contributed by atoms with Crippen LogP contribution in [-0.4, -0.2) is 50.7 Å². The lowest BCUT2D eigenvalue weighted by Gasteiger charge is -2.33. The van der Waals surface area contributed by atoms with Crippen molar-refractivity contribution in [1.82, 2.24) is 25.1 Å². The fraction of sp³-hybridized carbons (Fsp3) is 0.263. The van der Waals surface area contributed by atoms with Crippen LogP contribution in [0.15, 0.2) is 54.9 Å². The number of nitrogens with zero attached hydrogens (tertiary/aromatic N) is 5. The fourth-order valence-electron chi connectivity index (χ4n) is 3.15. The van der Waals surface area contributed by atoms with Crippen molar-refractivity contribution in [3.05, 3.63) is 71.5 Å². The van der Waals surface area contributed by atoms with Crippen LogP contribution in [0.4, 0.5) is 0 Å². The van der Waals surface area contributed by atoms with Gasteiger partial charge in [0, 0.05) is 12.1 Å². The average molecular weight is 349 g/mol. The van der Waals surface area contributed by atoms with E-state index in [4.69, 9.17) is 4.74 Å². The maximum atomic E-state index is 13.0. The number of ether oxygens (including phenoxy) is 1. The highest BCUT2D eigenvalue weighted by Gasteiger charge is 2.26. The summed E-state index contributed by atoms with van der Waals surface area (Å²) in [5, 5.41) is 11.3. The number of aryl methyl sites for hydroxylation is 1. The molecule has 7 heteroatoms. The summed E-state index contributed by atoms with van der Waals surface area (Å²) in [6.07, 6.45) is 1.43. The molecule has 2 heterocycles. The minimum absolute atomic E-state index is 0.0106. The molecule has 26 heavy (non-hydrogen) atoms. The summed E-state index contributed by atoms with van der Waals surface area (Å²) in [5.74, 6) is -0.0106. The molecular weight excluding hydrogens is 330 g/mol. The fourth-order valence-corrected chi connectivity index (χ4v) is 3.15. The number of tetrazole rings is 1. The summed E-state index contributed by atoms with van der Waals surface area (Å²) in [5.41, 5.74) is 3.50. The number of rotatable bonds is 3. The first-order valence-electron chi connectivity index (χ1n) is 8.52. The first-order chi connectivity index (χ1) is 12.7. The minimum Gasteiger partial charge on any atom is -0.370 e. The van der Waals surface area contributed by atoms with Crippen molar-refractivity contribution in [1.29, 1.82) is 0 Å². The molecule has 1 saturated heterocycles. The summed E-state index contributed by atoms with van der Waals surface area (Å²) in [6.45, 7) is 3.61. The molecule has 1 amide bonds. The molecule has 0 saturated carbocycles. The zero-order valence-corrected chi connectivity index (χ0v) is 14.4. The first kappa shape index (κ1) is 16.4. The second-order valence-electron chi connectivity index (χ2n) is 6.28. The Morgan fingerprint density at radius 1 is 1.19 bits per heavy atom. The topological polar surface area (TPSA) is 73.1 Å². The van der Waals surface area contributed by atoms with E-state index in [1.54, 1.807) is 4.68 Å². The lowest BCUT2D eigenvalue weighted by Crippen LogP contribution is -2.42. The summed E-state index contributed by atoms with van der Waals surface area (Å²) in [4.78, 5) is 14.9. The van der Waals surface area contributed by atoms with Gasteiger partial charge in [0.15, 0.2) is 0 Å². The number of hydrogen-bond donors (Lipinski definition) is 0. The summed E-state index contributed by atoms with van der Waals surface area (Å²) < 4.78 is 7.43. The highest BCUT2D eigenvalue weighted by molar-refractivity contribution is 5.95. The second-order valence-corrected chi connectivity index (χ2v) is 6.28. The van der Waals surface area contributed by atoms with Crippen LogP contribution in [0.5, 0.6) is 0 Å². The van der Waals surface area contributed by atoms with Gasteiger partial charge in [-0.15, -0.1) is 5.10 Å². The summed E-state index contributed by atoms with van der Waals surface area (Å²) in [7, 11) is 0. The van der Waals surface area contributed by atoms with Gasteiger partial charge in [-0.3, -0.25) is 4.79 Å².